The number of carbonyl (C=O) groups is 2. The molecule has 252 valence electrons. The Balaban J connectivity index is 1.59. The van der Waals surface area contributed by atoms with E-state index in [1.54, 1.807) is 49.6 Å². The number of para-hydroxylation sites is 2. The molecule has 1 aliphatic rings. The van der Waals surface area contributed by atoms with E-state index in [1.165, 1.54) is 24.1 Å². The van der Waals surface area contributed by atoms with Crippen LogP contribution >= 0.6 is 0 Å². The molecule has 0 radical (unpaired) electrons. The molecule has 48 heavy (non-hydrogen) atoms. The van der Waals surface area contributed by atoms with Gasteiger partial charge in [-0.1, -0.05) is 92.1 Å². The van der Waals surface area contributed by atoms with E-state index in [2.05, 4.69) is 5.32 Å². The lowest BCUT2D eigenvalue weighted by Gasteiger charge is -2.35. The Hall–Kier alpha value is -4.83. The summed E-state index contributed by atoms with van der Waals surface area (Å²) < 4.78 is 40.6. The van der Waals surface area contributed by atoms with E-state index in [0.717, 1.165) is 47.5 Å². The van der Waals surface area contributed by atoms with Crippen LogP contribution in [0.2, 0.25) is 0 Å². The van der Waals surface area contributed by atoms with Crippen molar-refractivity contribution in [3.8, 4) is 11.5 Å². The van der Waals surface area contributed by atoms with Crippen LogP contribution in [0, 0.1) is 0 Å². The Morgan fingerprint density at radius 2 is 1.44 bits per heavy atom. The Morgan fingerprint density at radius 1 is 0.792 bits per heavy atom. The molecule has 0 bridgehead atoms. The highest BCUT2D eigenvalue weighted by atomic mass is 32.2. The summed E-state index contributed by atoms with van der Waals surface area (Å²) in [7, 11) is -1.22. The molecule has 10 heteroatoms. The van der Waals surface area contributed by atoms with E-state index in [4.69, 9.17) is 9.47 Å². The van der Waals surface area contributed by atoms with Crippen LogP contribution < -0.4 is 19.1 Å². The van der Waals surface area contributed by atoms with Gasteiger partial charge in [0.05, 0.1) is 24.8 Å². The standard InChI is InChI=1S/C38H43N3O6S/c1-46-32-20-14-17-30(25-32)27-40(35(26-29-15-6-3-7-16-29)38(43)39-31-18-8-4-9-19-31)37(42)28-41(34-23-12-13-24-36(34)47-2)48(44,45)33-21-10-5-11-22-33/h3,5-7,10-17,20-25,31,35H,4,8-9,18-19,26-28H2,1-2H3,(H,39,43). The summed E-state index contributed by atoms with van der Waals surface area (Å²) in [4.78, 5) is 30.6. The van der Waals surface area contributed by atoms with Crippen LogP contribution in [0.15, 0.2) is 114 Å². The molecule has 1 fully saturated rings. The van der Waals surface area contributed by atoms with Crippen molar-refractivity contribution >= 4 is 27.5 Å². The summed E-state index contributed by atoms with van der Waals surface area (Å²) in [6.07, 6.45) is 5.21. The fourth-order valence-corrected chi connectivity index (χ4v) is 7.58. The summed E-state index contributed by atoms with van der Waals surface area (Å²) in [5.41, 5.74) is 1.83. The van der Waals surface area contributed by atoms with Crippen molar-refractivity contribution in [1.82, 2.24) is 10.2 Å². The predicted molar refractivity (Wildman–Crippen MR) is 186 cm³/mol. The van der Waals surface area contributed by atoms with E-state index >= 15 is 0 Å². The molecule has 4 aromatic carbocycles. The number of sulfonamides is 1. The van der Waals surface area contributed by atoms with Gasteiger partial charge >= 0.3 is 0 Å². The summed E-state index contributed by atoms with van der Waals surface area (Å²) in [6, 6.07) is 30.6. The number of nitrogens with one attached hydrogen (secondary N) is 1. The van der Waals surface area contributed by atoms with Gasteiger partial charge in [-0.05, 0) is 60.4 Å². The molecule has 1 N–H and O–H groups in total. The van der Waals surface area contributed by atoms with Crippen LogP contribution in [0.3, 0.4) is 0 Å². The van der Waals surface area contributed by atoms with Gasteiger partial charge in [0.15, 0.2) is 0 Å². The minimum atomic E-state index is -4.24. The number of rotatable bonds is 14. The highest BCUT2D eigenvalue weighted by molar-refractivity contribution is 7.92. The van der Waals surface area contributed by atoms with E-state index in [-0.39, 0.29) is 35.5 Å². The van der Waals surface area contributed by atoms with Gasteiger partial charge in [-0.25, -0.2) is 8.42 Å². The average Bonchev–Trinajstić information content (AvgIpc) is 3.13. The summed E-state index contributed by atoms with van der Waals surface area (Å²) in [6.45, 7) is -0.514. The fraction of sp³-hybridized carbons (Fsp3) is 0.316. The maximum Gasteiger partial charge on any atom is 0.264 e. The van der Waals surface area contributed by atoms with Gasteiger partial charge in [-0.3, -0.25) is 13.9 Å². The molecule has 9 nitrogen and oxygen atoms in total. The molecule has 1 atom stereocenters. The normalized spacial score (nSPS) is 14.0. The van der Waals surface area contributed by atoms with Crippen LogP contribution in [0.4, 0.5) is 5.69 Å². The second-order valence-electron chi connectivity index (χ2n) is 11.9. The van der Waals surface area contributed by atoms with Crippen molar-refractivity contribution in [2.45, 2.75) is 62.0 Å². The van der Waals surface area contributed by atoms with Crippen LogP contribution in [-0.2, 0) is 32.6 Å². The zero-order valence-corrected chi connectivity index (χ0v) is 28.3. The van der Waals surface area contributed by atoms with Crippen molar-refractivity contribution in [3.05, 3.63) is 120 Å². The zero-order chi connectivity index (χ0) is 33.9. The number of hydrogen-bond donors (Lipinski definition) is 1. The van der Waals surface area contributed by atoms with Gasteiger partial charge in [0.1, 0.15) is 24.1 Å². The first-order chi connectivity index (χ1) is 23.3. The average molecular weight is 670 g/mol. The van der Waals surface area contributed by atoms with Gasteiger partial charge < -0.3 is 19.7 Å². The first-order valence-corrected chi connectivity index (χ1v) is 17.7. The van der Waals surface area contributed by atoms with Crippen LogP contribution in [0.5, 0.6) is 11.5 Å². The van der Waals surface area contributed by atoms with Gasteiger partial charge in [0, 0.05) is 19.0 Å². The molecule has 2 amide bonds. The highest BCUT2D eigenvalue weighted by Gasteiger charge is 2.36. The minimum absolute atomic E-state index is 0.0156. The predicted octanol–water partition coefficient (Wildman–Crippen LogP) is 5.99. The van der Waals surface area contributed by atoms with Gasteiger partial charge in [0.25, 0.3) is 10.0 Å². The molecule has 4 aromatic rings. The van der Waals surface area contributed by atoms with E-state index < -0.39 is 28.5 Å². The molecule has 1 unspecified atom stereocenters. The van der Waals surface area contributed by atoms with E-state index in [0.29, 0.717) is 11.5 Å². The molecule has 0 spiro atoms. The largest absolute Gasteiger partial charge is 0.497 e. The number of hydrogen-bond acceptors (Lipinski definition) is 6. The SMILES string of the molecule is COc1cccc(CN(C(=O)CN(c2ccccc2OC)S(=O)(=O)c2ccccc2)C(Cc2ccccc2)C(=O)NC2CCCCC2)c1. The van der Waals surface area contributed by atoms with Crippen molar-refractivity contribution in [3.63, 3.8) is 0 Å². The maximum absolute atomic E-state index is 14.8. The van der Waals surface area contributed by atoms with Crippen LogP contribution in [0.1, 0.15) is 43.2 Å². The quantitative estimate of drug-likeness (QED) is 0.177. The second-order valence-corrected chi connectivity index (χ2v) is 13.8. The van der Waals surface area contributed by atoms with Crippen LogP contribution in [-0.4, -0.2) is 58.0 Å². The number of methoxy groups -OCH3 is 2. The summed E-state index contributed by atoms with van der Waals surface area (Å²) in [5, 5.41) is 3.23. The molecule has 0 aliphatic heterocycles. The molecular formula is C38H43N3O6S. The van der Waals surface area contributed by atoms with Crippen LogP contribution in [0.25, 0.3) is 0 Å². The van der Waals surface area contributed by atoms with Gasteiger partial charge in [0.2, 0.25) is 11.8 Å². The first-order valence-electron chi connectivity index (χ1n) is 16.3. The second kappa shape index (κ2) is 16.3. The Labute approximate surface area is 283 Å². The monoisotopic (exact) mass is 669 g/mol. The lowest BCUT2D eigenvalue weighted by atomic mass is 9.94. The summed E-state index contributed by atoms with van der Waals surface area (Å²) >= 11 is 0. The van der Waals surface area contributed by atoms with Gasteiger partial charge in [-0.2, -0.15) is 0 Å². The third kappa shape index (κ3) is 8.55. The lowest BCUT2D eigenvalue weighted by molar-refractivity contribution is -0.140. The lowest BCUT2D eigenvalue weighted by Crippen LogP contribution is -2.55. The third-order valence-electron chi connectivity index (χ3n) is 8.67. The van der Waals surface area contributed by atoms with Gasteiger partial charge in [-0.15, -0.1) is 0 Å². The molecular weight excluding hydrogens is 627 g/mol. The number of amides is 2. The Bertz CT molecular complexity index is 1760. The molecule has 1 aliphatic carbocycles. The Morgan fingerprint density at radius 3 is 2.12 bits per heavy atom. The number of carbonyl (C=O) groups excluding carboxylic acids is 2. The zero-order valence-electron chi connectivity index (χ0n) is 27.5. The molecule has 0 aromatic heterocycles. The van der Waals surface area contributed by atoms with E-state index in [1.807, 2.05) is 54.6 Å². The smallest absolute Gasteiger partial charge is 0.264 e. The number of nitrogens with zero attached hydrogens (tertiary/aromatic N) is 2. The third-order valence-corrected chi connectivity index (χ3v) is 10.4. The first kappa shape index (κ1) is 34.5. The molecule has 5 rings (SSSR count). The summed E-state index contributed by atoms with van der Waals surface area (Å²) in [5.74, 6) is 0.0909. The van der Waals surface area contributed by atoms with Crippen molar-refractivity contribution in [1.29, 1.82) is 0 Å². The topological polar surface area (TPSA) is 105 Å². The number of anilines is 1. The van der Waals surface area contributed by atoms with E-state index in [9.17, 15) is 18.0 Å². The van der Waals surface area contributed by atoms with Crippen molar-refractivity contribution < 1.29 is 27.5 Å². The van der Waals surface area contributed by atoms with Crippen molar-refractivity contribution in [2.75, 3.05) is 25.1 Å². The van der Waals surface area contributed by atoms with Crippen molar-refractivity contribution in [2.24, 2.45) is 0 Å². The fourth-order valence-electron chi connectivity index (χ4n) is 6.13. The molecule has 1 saturated carbocycles. The highest BCUT2D eigenvalue weighted by Crippen LogP contribution is 2.33. The number of ether oxygens (including phenoxy) is 2. The minimum Gasteiger partial charge on any atom is -0.497 e. The molecule has 0 saturated heterocycles. The molecule has 0 heterocycles. The maximum atomic E-state index is 14.8. The Kier molecular flexibility index (Phi) is 11.7. The number of benzene rings is 4.